The van der Waals surface area contributed by atoms with Gasteiger partial charge in [-0.2, -0.15) is 11.8 Å². The number of hydrogen-bond acceptors (Lipinski definition) is 5. The van der Waals surface area contributed by atoms with E-state index in [2.05, 4.69) is 16.0 Å². The number of urea groups is 1. The molecule has 0 radical (unpaired) electrons. The molecule has 3 fully saturated rings. The number of piperidine rings is 1. The van der Waals surface area contributed by atoms with Crippen molar-refractivity contribution in [3.8, 4) is 0 Å². The van der Waals surface area contributed by atoms with Crippen LogP contribution in [0.2, 0.25) is 0 Å². The minimum Gasteiger partial charge on any atom is -0.444 e. The highest BCUT2D eigenvalue weighted by molar-refractivity contribution is 8.00. The minimum atomic E-state index is -0.501. The molecule has 0 spiro atoms. The Hall–Kier alpha value is -1.64. The Labute approximate surface area is 177 Å². The van der Waals surface area contributed by atoms with Crippen molar-refractivity contribution < 1.29 is 19.1 Å². The highest BCUT2D eigenvalue weighted by atomic mass is 32.2. The van der Waals surface area contributed by atoms with Crippen molar-refractivity contribution >= 4 is 29.8 Å². The van der Waals surface area contributed by atoms with E-state index < -0.39 is 5.60 Å². The lowest BCUT2D eigenvalue weighted by molar-refractivity contribution is -0.132. The molecule has 3 heterocycles. The van der Waals surface area contributed by atoms with E-state index in [0.29, 0.717) is 24.8 Å². The smallest absolute Gasteiger partial charge is 0.407 e. The topological polar surface area (TPSA) is 99.8 Å². The van der Waals surface area contributed by atoms with E-state index in [1.807, 2.05) is 37.4 Å². The summed E-state index contributed by atoms with van der Waals surface area (Å²) in [6.45, 7) is 6.90. The first-order valence-electron chi connectivity index (χ1n) is 10.7. The molecule has 164 valence electrons. The normalized spacial score (nSPS) is 27.2. The summed E-state index contributed by atoms with van der Waals surface area (Å²) in [7, 11) is 0. The Morgan fingerprint density at radius 2 is 1.93 bits per heavy atom. The van der Waals surface area contributed by atoms with Gasteiger partial charge in [-0.1, -0.05) is 6.42 Å². The number of rotatable bonds is 6. The summed E-state index contributed by atoms with van der Waals surface area (Å²) >= 11 is 1.91. The van der Waals surface area contributed by atoms with E-state index >= 15 is 0 Å². The van der Waals surface area contributed by atoms with Gasteiger partial charge in [0.05, 0.1) is 12.1 Å². The van der Waals surface area contributed by atoms with Crippen LogP contribution < -0.4 is 16.0 Å². The quantitative estimate of drug-likeness (QED) is 0.447. The predicted octanol–water partition coefficient (Wildman–Crippen LogP) is 2.23. The average molecular weight is 427 g/mol. The molecule has 3 rings (SSSR count). The van der Waals surface area contributed by atoms with Crippen LogP contribution in [0.25, 0.3) is 0 Å². The maximum Gasteiger partial charge on any atom is 0.407 e. The molecule has 3 unspecified atom stereocenters. The molecule has 3 atom stereocenters. The SMILES string of the molecule is CC(C)(C)OC(=O)NC1CCN(C(=O)CCCCC2SCC3NC(=O)NC32)CC1. The third-order valence-corrected chi connectivity index (χ3v) is 7.14. The molecule has 8 nitrogen and oxygen atoms in total. The van der Waals surface area contributed by atoms with E-state index in [0.717, 1.165) is 37.9 Å². The molecule has 3 saturated heterocycles. The summed E-state index contributed by atoms with van der Waals surface area (Å²) < 4.78 is 5.30. The number of nitrogens with zero attached hydrogens (tertiary/aromatic N) is 1. The lowest BCUT2D eigenvalue weighted by atomic mass is 10.0. The van der Waals surface area contributed by atoms with Gasteiger partial charge in [0.15, 0.2) is 0 Å². The van der Waals surface area contributed by atoms with Crippen molar-refractivity contribution in [3.05, 3.63) is 0 Å². The van der Waals surface area contributed by atoms with Gasteiger partial charge < -0.3 is 25.6 Å². The van der Waals surface area contributed by atoms with Crippen LogP contribution in [0, 0.1) is 0 Å². The second-order valence-corrected chi connectivity index (χ2v) is 10.4. The molecule has 0 bridgehead atoms. The fourth-order valence-electron chi connectivity index (χ4n) is 4.17. The first-order chi connectivity index (χ1) is 13.7. The number of amides is 4. The average Bonchev–Trinajstić information content (AvgIpc) is 3.17. The van der Waals surface area contributed by atoms with Gasteiger partial charge in [-0.05, 0) is 46.5 Å². The molecule has 4 amide bonds. The van der Waals surface area contributed by atoms with Gasteiger partial charge in [0, 0.05) is 36.6 Å². The monoisotopic (exact) mass is 426 g/mol. The van der Waals surface area contributed by atoms with Crippen LogP contribution in [0.1, 0.15) is 59.3 Å². The molecular formula is C20H34N4O4S. The van der Waals surface area contributed by atoms with Gasteiger partial charge in [0.25, 0.3) is 0 Å². The second-order valence-electron chi connectivity index (χ2n) is 9.17. The fraction of sp³-hybridized carbons (Fsp3) is 0.850. The molecule has 0 aromatic rings. The number of fused-ring (bicyclic) bond motifs is 1. The molecule has 3 aliphatic heterocycles. The number of alkyl carbamates (subject to hydrolysis) is 1. The van der Waals surface area contributed by atoms with Crippen molar-refractivity contribution in [1.29, 1.82) is 0 Å². The first-order valence-corrected chi connectivity index (χ1v) is 11.7. The molecule has 0 aliphatic carbocycles. The van der Waals surface area contributed by atoms with E-state index in [-0.39, 0.29) is 36.2 Å². The van der Waals surface area contributed by atoms with Crippen LogP contribution in [0.5, 0.6) is 0 Å². The Morgan fingerprint density at radius 1 is 1.21 bits per heavy atom. The first kappa shape index (κ1) is 22.1. The molecule has 3 aliphatic rings. The third kappa shape index (κ3) is 6.42. The van der Waals surface area contributed by atoms with Crippen LogP contribution >= 0.6 is 11.8 Å². The van der Waals surface area contributed by atoms with Crippen molar-refractivity contribution in [2.24, 2.45) is 0 Å². The summed E-state index contributed by atoms with van der Waals surface area (Å²) in [5.74, 6) is 1.17. The summed E-state index contributed by atoms with van der Waals surface area (Å²) in [6, 6.07) is 0.510. The zero-order chi connectivity index (χ0) is 21.0. The third-order valence-electron chi connectivity index (χ3n) is 5.64. The molecule has 29 heavy (non-hydrogen) atoms. The molecule has 9 heteroatoms. The van der Waals surface area contributed by atoms with Crippen molar-refractivity contribution in [3.63, 3.8) is 0 Å². The molecule has 0 saturated carbocycles. The minimum absolute atomic E-state index is 0.0509. The van der Waals surface area contributed by atoms with Gasteiger partial charge in [-0.25, -0.2) is 9.59 Å². The number of ether oxygens (including phenoxy) is 1. The molecular weight excluding hydrogens is 392 g/mol. The molecule has 0 aromatic heterocycles. The largest absolute Gasteiger partial charge is 0.444 e. The number of carbonyl (C=O) groups is 3. The summed E-state index contributed by atoms with van der Waals surface area (Å²) in [5, 5.41) is 9.32. The molecule has 3 N–H and O–H groups in total. The maximum atomic E-state index is 12.5. The number of hydrogen-bond donors (Lipinski definition) is 3. The maximum absolute atomic E-state index is 12.5. The lowest BCUT2D eigenvalue weighted by Crippen LogP contribution is -2.47. The van der Waals surface area contributed by atoms with E-state index in [9.17, 15) is 14.4 Å². The van der Waals surface area contributed by atoms with Crippen molar-refractivity contribution in [1.82, 2.24) is 20.9 Å². The van der Waals surface area contributed by atoms with Crippen LogP contribution in [-0.2, 0) is 9.53 Å². The lowest BCUT2D eigenvalue weighted by Gasteiger charge is -2.33. The van der Waals surface area contributed by atoms with Gasteiger partial charge in [-0.15, -0.1) is 0 Å². The highest BCUT2D eigenvalue weighted by Crippen LogP contribution is 2.33. The summed E-state index contributed by atoms with van der Waals surface area (Å²) in [6.07, 6.45) is 4.62. The van der Waals surface area contributed by atoms with Crippen LogP contribution in [0.15, 0.2) is 0 Å². The Kier molecular flexibility index (Phi) is 7.19. The zero-order valence-corrected chi connectivity index (χ0v) is 18.5. The second kappa shape index (κ2) is 9.45. The van der Waals surface area contributed by atoms with E-state index in [1.54, 1.807) is 0 Å². The van der Waals surface area contributed by atoms with E-state index in [1.165, 1.54) is 0 Å². The van der Waals surface area contributed by atoms with Gasteiger partial charge >= 0.3 is 12.1 Å². The van der Waals surface area contributed by atoms with Crippen LogP contribution in [0.4, 0.5) is 9.59 Å². The van der Waals surface area contributed by atoms with Crippen molar-refractivity contribution in [2.45, 2.75) is 88.3 Å². The van der Waals surface area contributed by atoms with Gasteiger partial charge in [-0.3, -0.25) is 4.79 Å². The zero-order valence-electron chi connectivity index (χ0n) is 17.7. The number of likely N-dealkylation sites (tertiary alicyclic amines) is 1. The fourth-order valence-corrected chi connectivity index (χ4v) is 5.71. The Bertz CT molecular complexity index is 616. The summed E-state index contributed by atoms with van der Waals surface area (Å²) in [4.78, 5) is 37.7. The highest BCUT2D eigenvalue weighted by Gasteiger charge is 2.42. The van der Waals surface area contributed by atoms with Crippen LogP contribution in [-0.4, -0.2) is 70.8 Å². The number of thioether (sulfide) groups is 1. The Morgan fingerprint density at radius 3 is 2.62 bits per heavy atom. The molecule has 0 aromatic carbocycles. The van der Waals surface area contributed by atoms with E-state index in [4.69, 9.17) is 4.74 Å². The standard InChI is InChI=1S/C20H34N4O4S/c1-20(2,3)28-19(27)21-13-8-10-24(11-9-13)16(25)7-5-4-6-15-17-14(12-29-15)22-18(26)23-17/h13-15,17H,4-12H2,1-3H3,(H,21,27)(H2,22,23,26). The van der Waals surface area contributed by atoms with Gasteiger partial charge in [0.2, 0.25) is 5.91 Å². The summed E-state index contributed by atoms with van der Waals surface area (Å²) in [5.41, 5.74) is -0.501. The number of nitrogens with one attached hydrogen (secondary N) is 3. The van der Waals surface area contributed by atoms with Crippen LogP contribution in [0.3, 0.4) is 0 Å². The Balaban J connectivity index is 1.28. The van der Waals surface area contributed by atoms with Crippen molar-refractivity contribution in [2.75, 3.05) is 18.8 Å². The predicted molar refractivity (Wildman–Crippen MR) is 113 cm³/mol. The number of unbranched alkanes of at least 4 members (excludes halogenated alkanes) is 1. The number of carbonyl (C=O) groups excluding carboxylic acids is 3. The van der Waals surface area contributed by atoms with Gasteiger partial charge in [0.1, 0.15) is 5.60 Å².